The van der Waals surface area contributed by atoms with Crippen molar-refractivity contribution in [2.75, 3.05) is 12.9 Å². The number of fused-ring (bicyclic) bond motifs is 3. The van der Waals surface area contributed by atoms with Gasteiger partial charge in [0.05, 0.1) is 23.7 Å². The Bertz CT molecular complexity index is 1150. The van der Waals surface area contributed by atoms with Gasteiger partial charge >= 0.3 is 0 Å². The van der Waals surface area contributed by atoms with Gasteiger partial charge in [-0.05, 0) is 30.7 Å². The SMILES string of the molecule is CCCSc1nnc2n(-c3cccc(OC)c3)c(=O)c3ccccc3n12. The summed E-state index contributed by atoms with van der Waals surface area (Å²) < 4.78 is 8.86. The first-order valence-electron chi connectivity index (χ1n) is 8.40. The third kappa shape index (κ3) is 2.64. The molecule has 0 saturated heterocycles. The summed E-state index contributed by atoms with van der Waals surface area (Å²) in [5, 5.41) is 10.1. The molecule has 0 atom stereocenters. The van der Waals surface area contributed by atoms with Crippen LogP contribution in [0.4, 0.5) is 0 Å². The maximum absolute atomic E-state index is 13.2. The van der Waals surface area contributed by atoms with Gasteiger partial charge in [0.15, 0.2) is 5.16 Å². The molecule has 0 radical (unpaired) electrons. The van der Waals surface area contributed by atoms with E-state index < -0.39 is 0 Å². The van der Waals surface area contributed by atoms with Crippen LogP contribution in [0.3, 0.4) is 0 Å². The second-order valence-corrected chi connectivity index (χ2v) is 6.89. The fourth-order valence-corrected chi connectivity index (χ4v) is 3.74. The smallest absolute Gasteiger partial charge is 0.267 e. The number of aromatic nitrogens is 4. The molecule has 6 nitrogen and oxygen atoms in total. The van der Waals surface area contributed by atoms with Crippen molar-refractivity contribution in [2.45, 2.75) is 18.5 Å². The van der Waals surface area contributed by atoms with Crippen LogP contribution in [0.25, 0.3) is 22.4 Å². The molecular weight excluding hydrogens is 348 g/mol. The van der Waals surface area contributed by atoms with Crippen LogP contribution in [0, 0.1) is 0 Å². The summed E-state index contributed by atoms with van der Waals surface area (Å²) in [5.74, 6) is 2.12. The quantitative estimate of drug-likeness (QED) is 0.506. The molecule has 0 N–H and O–H groups in total. The average molecular weight is 366 g/mol. The van der Waals surface area contributed by atoms with Crippen molar-refractivity contribution in [1.82, 2.24) is 19.2 Å². The number of hydrogen-bond donors (Lipinski definition) is 0. The maximum Gasteiger partial charge on any atom is 0.267 e. The van der Waals surface area contributed by atoms with Gasteiger partial charge in [-0.1, -0.05) is 36.9 Å². The highest BCUT2D eigenvalue weighted by atomic mass is 32.2. The minimum atomic E-state index is -0.124. The van der Waals surface area contributed by atoms with E-state index in [0.717, 1.165) is 22.8 Å². The lowest BCUT2D eigenvalue weighted by molar-refractivity contribution is 0.414. The van der Waals surface area contributed by atoms with Gasteiger partial charge in [0.1, 0.15) is 5.75 Å². The Hall–Kier alpha value is -2.80. The van der Waals surface area contributed by atoms with Gasteiger partial charge in [-0.15, -0.1) is 10.2 Å². The molecule has 2 aromatic carbocycles. The summed E-state index contributed by atoms with van der Waals surface area (Å²) >= 11 is 1.64. The third-order valence-electron chi connectivity index (χ3n) is 4.14. The average Bonchev–Trinajstić information content (AvgIpc) is 3.10. The molecule has 7 heteroatoms. The summed E-state index contributed by atoms with van der Waals surface area (Å²) in [7, 11) is 1.61. The lowest BCUT2D eigenvalue weighted by Crippen LogP contribution is -2.21. The van der Waals surface area contributed by atoms with Crippen LogP contribution in [0.1, 0.15) is 13.3 Å². The number of nitrogens with zero attached hydrogens (tertiary/aromatic N) is 4. The molecule has 0 fully saturated rings. The van der Waals surface area contributed by atoms with Crippen LogP contribution in [0.15, 0.2) is 58.5 Å². The van der Waals surface area contributed by atoms with E-state index in [-0.39, 0.29) is 5.56 Å². The summed E-state index contributed by atoms with van der Waals surface area (Å²) in [6, 6.07) is 15.0. The summed E-state index contributed by atoms with van der Waals surface area (Å²) in [6.07, 6.45) is 1.03. The Labute approximate surface area is 154 Å². The molecule has 0 saturated carbocycles. The van der Waals surface area contributed by atoms with Crippen molar-refractivity contribution in [3.05, 3.63) is 58.9 Å². The van der Waals surface area contributed by atoms with E-state index in [1.807, 2.05) is 52.9 Å². The van der Waals surface area contributed by atoms with Crippen LogP contribution in [0.2, 0.25) is 0 Å². The molecule has 2 heterocycles. The number of rotatable bonds is 5. The summed E-state index contributed by atoms with van der Waals surface area (Å²) in [5.41, 5.74) is 1.39. The molecule has 0 bridgehead atoms. The number of methoxy groups -OCH3 is 1. The van der Waals surface area contributed by atoms with Crippen molar-refractivity contribution < 1.29 is 4.74 Å². The first kappa shape index (κ1) is 16.7. The van der Waals surface area contributed by atoms with Gasteiger partial charge in [-0.25, -0.2) is 4.57 Å². The molecule has 4 rings (SSSR count). The normalized spacial score (nSPS) is 11.3. The Kier molecular flexibility index (Phi) is 4.38. The molecule has 0 aliphatic heterocycles. The molecule has 132 valence electrons. The van der Waals surface area contributed by atoms with Gasteiger partial charge in [0.25, 0.3) is 5.56 Å². The number of para-hydroxylation sites is 1. The monoisotopic (exact) mass is 366 g/mol. The second-order valence-electron chi connectivity index (χ2n) is 5.83. The van der Waals surface area contributed by atoms with E-state index in [1.54, 1.807) is 23.4 Å². The van der Waals surface area contributed by atoms with Gasteiger partial charge in [-0.3, -0.25) is 9.20 Å². The van der Waals surface area contributed by atoms with E-state index in [2.05, 4.69) is 17.1 Å². The highest BCUT2D eigenvalue weighted by molar-refractivity contribution is 7.99. The van der Waals surface area contributed by atoms with Crippen molar-refractivity contribution in [3.8, 4) is 11.4 Å². The van der Waals surface area contributed by atoms with Crippen LogP contribution in [-0.4, -0.2) is 32.0 Å². The molecule has 26 heavy (non-hydrogen) atoms. The van der Waals surface area contributed by atoms with E-state index in [1.165, 1.54) is 0 Å². The highest BCUT2D eigenvalue weighted by Crippen LogP contribution is 2.24. The van der Waals surface area contributed by atoms with Gasteiger partial charge in [-0.2, -0.15) is 0 Å². The van der Waals surface area contributed by atoms with E-state index in [0.29, 0.717) is 22.6 Å². The number of ether oxygens (including phenoxy) is 1. The number of hydrogen-bond acceptors (Lipinski definition) is 5. The first-order chi connectivity index (χ1) is 12.7. The van der Waals surface area contributed by atoms with Crippen molar-refractivity contribution in [2.24, 2.45) is 0 Å². The summed E-state index contributed by atoms with van der Waals surface area (Å²) in [4.78, 5) is 13.2. The Balaban J connectivity index is 2.10. The Morgan fingerprint density at radius 2 is 1.96 bits per heavy atom. The molecule has 0 spiro atoms. The first-order valence-corrected chi connectivity index (χ1v) is 9.39. The fourth-order valence-electron chi connectivity index (χ4n) is 2.95. The zero-order valence-electron chi connectivity index (χ0n) is 14.5. The third-order valence-corrected chi connectivity index (χ3v) is 5.28. The lowest BCUT2D eigenvalue weighted by atomic mass is 10.2. The highest BCUT2D eigenvalue weighted by Gasteiger charge is 2.17. The molecule has 0 unspecified atom stereocenters. The van der Waals surface area contributed by atoms with Crippen molar-refractivity contribution in [1.29, 1.82) is 0 Å². The molecule has 0 aliphatic rings. The lowest BCUT2D eigenvalue weighted by Gasteiger charge is -2.12. The van der Waals surface area contributed by atoms with E-state index in [9.17, 15) is 4.79 Å². The van der Waals surface area contributed by atoms with Crippen LogP contribution < -0.4 is 10.3 Å². The van der Waals surface area contributed by atoms with Gasteiger partial charge < -0.3 is 4.74 Å². The van der Waals surface area contributed by atoms with Crippen molar-refractivity contribution in [3.63, 3.8) is 0 Å². The minimum Gasteiger partial charge on any atom is -0.497 e. The molecular formula is C19H18N4O2S. The molecule has 0 amide bonds. The number of thioether (sulfide) groups is 1. The van der Waals surface area contributed by atoms with Crippen LogP contribution >= 0.6 is 11.8 Å². The maximum atomic E-state index is 13.2. The summed E-state index contributed by atoms with van der Waals surface area (Å²) in [6.45, 7) is 2.13. The predicted octanol–water partition coefficient (Wildman–Crippen LogP) is 3.54. The standard InChI is InChI=1S/C19H18N4O2S/c1-3-11-26-19-21-20-18-22(13-7-6-8-14(12-13)25-2)17(24)15-9-4-5-10-16(15)23(18)19/h4-10,12H,3,11H2,1-2H3. The van der Waals surface area contributed by atoms with Crippen molar-refractivity contribution >= 4 is 28.4 Å². The largest absolute Gasteiger partial charge is 0.497 e. The van der Waals surface area contributed by atoms with E-state index in [4.69, 9.17) is 4.74 Å². The van der Waals surface area contributed by atoms with Crippen LogP contribution in [0.5, 0.6) is 5.75 Å². The predicted molar refractivity (Wildman–Crippen MR) is 104 cm³/mol. The molecule has 2 aromatic heterocycles. The zero-order valence-corrected chi connectivity index (χ0v) is 15.4. The van der Waals surface area contributed by atoms with Gasteiger partial charge in [0.2, 0.25) is 5.78 Å². The number of benzene rings is 2. The Morgan fingerprint density at radius 1 is 1.12 bits per heavy atom. The van der Waals surface area contributed by atoms with Crippen LogP contribution in [-0.2, 0) is 0 Å². The zero-order chi connectivity index (χ0) is 18.1. The Morgan fingerprint density at radius 3 is 2.77 bits per heavy atom. The fraction of sp³-hybridized carbons (Fsp3) is 0.211. The second kappa shape index (κ2) is 6.84. The van der Waals surface area contributed by atoms with Gasteiger partial charge in [0, 0.05) is 11.8 Å². The molecule has 0 aliphatic carbocycles. The minimum absolute atomic E-state index is 0.124. The van der Waals surface area contributed by atoms with E-state index >= 15 is 0 Å². The topological polar surface area (TPSA) is 61.4 Å². The molecule has 4 aromatic rings.